The Labute approximate surface area is 130 Å². The van der Waals surface area contributed by atoms with Gasteiger partial charge in [0.15, 0.2) is 0 Å². The number of hydrogen-bond acceptors (Lipinski definition) is 2. The normalized spacial score (nSPS) is 17.0. The molecule has 1 amide bonds. The van der Waals surface area contributed by atoms with Gasteiger partial charge < -0.3 is 4.90 Å². The number of nitriles is 1. The van der Waals surface area contributed by atoms with Crippen LogP contribution < -0.4 is 0 Å². The molecular formula is C17H11F3N2O. The summed E-state index contributed by atoms with van der Waals surface area (Å²) in [6.07, 6.45) is -4.51. The van der Waals surface area contributed by atoms with Crippen LogP contribution in [0, 0.1) is 11.3 Å². The lowest BCUT2D eigenvalue weighted by Crippen LogP contribution is -2.26. The second-order valence-corrected chi connectivity index (χ2v) is 5.25. The van der Waals surface area contributed by atoms with Crippen molar-refractivity contribution in [2.75, 3.05) is 0 Å². The number of benzene rings is 2. The molecule has 0 saturated carbocycles. The van der Waals surface area contributed by atoms with Gasteiger partial charge in [-0.15, -0.1) is 0 Å². The molecular weight excluding hydrogens is 305 g/mol. The van der Waals surface area contributed by atoms with Crippen molar-refractivity contribution >= 4 is 5.91 Å². The van der Waals surface area contributed by atoms with Crippen molar-refractivity contribution in [1.82, 2.24) is 4.90 Å². The van der Waals surface area contributed by atoms with Crippen LogP contribution in [-0.4, -0.2) is 10.8 Å². The molecule has 116 valence electrons. The highest BCUT2D eigenvalue weighted by Crippen LogP contribution is 2.38. The lowest BCUT2D eigenvalue weighted by atomic mass is 10.0. The Hall–Kier alpha value is -2.81. The van der Waals surface area contributed by atoms with E-state index in [1.165, 1.54) is 4.90 Å². The first kappa shape index (κ1) is 15.1. The van der Waals surface area contributed by atoms with Crippen LogP contribution in [0.3, 0.4) is 0 Å². The van der Waals surface area contributed by atoms with E-state index in [1.54, 1.807) is 24.3 Å². The second kappa shape index (κ2) is 5.43. The standard InChI is InChI=1S/C17H11F3N2O/c18-17(19,20)12-6-7-13-14(8-12)15(9-21)22(16(13)23)10-11-4-2-1-3-5-11/h1-8,15H,10H2. The average Bonchev–Trinajstić information content (AvgIpc) is 2.79. The summed E-state index contributed by atoms with van der Waals surface area (Å²) in [4.78, 5) is 13.7. The Balaban J connectivity index is 1.99. The molecule has 1 aliphatic rings. The monoisotopic (exact) mass is 316 g/mol. The maximum Gasteiger partial charge on any atom is 0.416 e. The molecule has 3 rings (SSSR count). The Bertz CT molecular complexity index is 794. The molecule has 0 spiro atoms. The zero-order chi connectivity index (χ0) is 16.6. The number of halogens is 3. The molecule has 0 radical (unpaired) electrons. The number of amides is 1. The number of rotatable bonds is 2. The van der Waals surface area contributed by atoms with E-state index in [1.807, 2.05) is 12.1 Å². The summed E-state index contributed by atoms with van der Waals surface area (Å²) < 4.78 is 38.5. The van der Waals surface area contributed by atoms with Gasteiger partial charge in [0.2, 0.25) is 0 Å². The topological polar surface area (TPSA) is 44.1 Å². The highest BCUT2D eigenvalue weighted by Gasteiger charge is 2.39. The van der Waals surface area contributed by atoms with Crippen LogP contribution in [-0.2, 0) is 12.7 Å². The molecule has 0 N–H and O–H groups in total. The third kappa shape index (κ3) is 2.66. The van der Waals surface area contributed by atoms with Crippen molar-refractivity contribution in [2.24, 2.45) is 0 Å². The molecule has 1 atom stereocenters. The van der Waals surface area contributed by atoms with Gasteiger partial charge >= 0.3 is 6.18 Å². The molecule has 0 aliphatic carbocycles. The molecule has 3 nitrogen and oxygen atoms in total. The summed E-state index contributed by atoms with van der Waals surface area (Å²) in [5.41, 5.74) is 0.222. The van der Waals surface area contributed by atoms with Gasteiger partial charge in [-0.3, -0.25) is 4.79 Å². The van der Waals surface area contributed by atoms with E-state index in [9.17, 15) is 23.2 Å². The third-order valence-corrected chi connectivity index (χ3v) is 3.79. The first-order valence-corrected chi connectivity index (χ1v) is 6.87. The van der Waals surface area contributed by atoms with Crippen molar-refractivity contribution in [3.8, 4) is 6.07 Å². The van der Waals surface area contributed by atoms with Gasteiger partial charge in [-0.1, -0.05) is 30.3 Å². The molecule has 6 heteroatoms. The molecule has 0 bridgehead atoms. The van der Waals surface area contributed by atoms with E-state index in [0.29, 0.717) is 0 Å². The number of hydrogen-bond donors (Lipinski definition) is 0. The van der Waals surface area contributed by atoms with Crippen LogP contribution >= 0.6 is 0 Å². The van der Waals surface area contributed by atoms with Crippen LogP contribution in [0.1, 0.15) is 33.1 Å². The fourth-order valence-electron chi connectivity index (χ4n) is 2.68. The summed E-state index contributed by atoms with van der Waals surface area (Å²) in [6, 6.07) is 12.9. The highest BCUT2D eigenvalue weighted by molar-refractivity contribution is 5.99. The molecule has 0 aromatic heterocycles. The van der Waals surface area contributed by atoms with Crippen LogP contribution in [0.15, 0.2) is 48.5 Å². The minimum atomic E-state index is -4.51. The largest absolute Gasteiger partial charge is 0.416 e. The Morgan fingerprint density at radius 1 is 1.13 bits per heavy atom. The zero-order valence-electron chi connectivity index (χ0n) is 11.8. The fourth-order valence-corrected chi connectivity index (χ4v) is 2.68. The van der Waals surface area contributed by atoms with Crippen molar-refractivity contribution in [1.29, 1.82) is 5.26 Å². The maximum absolute atomic E-state index is 12.8. The summed E-state index contributed by atoms with van der Waals surface area (Å²) in [5.74, 6) is -0.427. The fraction of sp³-hybridized carbons (Fsp3) is 0.176. The first-order valence-electron chi connectivity index (χ1n) is 6.87. The Kier molecular flexibility index (Phi) is 3.57. The van der Waals surface area contributed by atoms with Gasteiger partial charge in [-0.2, -0.15) is 18.4 Å². The van der Waals surface area contributed by atoms with Gasteiger partial charge in [-0.05, 0) is 23.8 Å². The number of carbonyl (C=O) groups is 1. The summed E-state index contributed by atoms with van der Waals surface area (Å²) >= 11 is 0. The van der Waals surface area contributed by atoms with Gasteiger partial charge in [0.25, 0.3) is 5.91 Å². The number of nitrogens with zero attached hydrogens (tertiary/aromatic N) is 2. The number of alkyl halides is 3. The van der Waals surface area contributed by atoms with Crippen molar-refractivity contribution in [3.63, 3.8) is 0 Å². The molecule has 1 aliphatic heterocycles. The van der Waals surface area contributed by atoms with Crippen molar-refractivity contribution in [2.45, 2.75) is 18.8 Å². The minimum Gasteiger partial charge on any atom is -0.314 e. The molecule has 23 heavy (non-hydrogen) atoms. The number of carbonyl (C=O) groups excluding carboxylic acids is 1. The van der Waals surface area contributed by atoms with Gasteiger partial charge in [-0.25, -0.2) is 0 Å². The van der Waals surface area contributed by atoms with E-state index < -0.39 is 23.7 Å². The van der Waals surface area contributed by atoms with Crippen molar-refractivity contribution in [3.05, 3.63) is 70.8 Å². The van der Waals surface area contributed by atoms with Gasteiger partial charge in [0.1, 0.15) is 6.04 Å². The molecule has 2 aromatic carbocycles. The third-order valence-electron chi connectivity index (χ3n) is 3.79. The molecule has 2 aromatic rings. The minimum absolute atomic E-state index is 0.114. The van der Waals surface area contributed by atoms with E-state index in [0.717, 1.165) is 23.8 Å². The van der Waals surface area contributed by atoms with Crippen LogP contribution in [0.2, 0.25) is 0 Å². The Morgan fingerprint density at radius 3 is 2.43 bits per heavy atom. The van der Waals surface area contributed by atoms with E-state index >= 15 is 0 Å². The molecule has 0 fully saturated rings. The van der Waals surface area contributed by atoms with Crippen LogP contribution in [0.4, 0.5) is 13.2 Å². The second-order valence-electron chi connectivity index (χ2n) is 5.25. The predicted molar refractivity (Wildman–Crippen MR) is 76.1 cm³/mol. The lowest BCUT2D eigenvalue weighted by Gasteiger charge is -2.20. The smallest absolute Gasteiger partial charge is 0.314 e. The summed E-state index contributed by atoms with van der Waals surface area (Å²) in [5, 5.41) is 9.35. The van der Waals surface area contributed by atoms with E-state index in [-0.39, 0.29) is 17.7 Å². The van der Waals surface area contributed by atoms with Gasteiger partial charge in [0.05, 0.1) is 11.6 Å². The van der Waals surface area contributed by atoms with Crippen LogP contribution in [0.25, 0.3) is 0 Å². The SMILES string of the molecule is N#CC1c2cc(C(F)(F)F)ccc2C(=O)N1Cc1ccccc1. The zero-order valence-corrected chi connectivity index (χ0v) is 11.8. The van der Waals surface area contributed by atoms with E-state index in [4.69, 9.17) is 0 Å². The Morgan fingerprint density at radius 2 is 1.83 bits per heavy atom. The molecule has 1 unspecified atom stereocenters. The predicted octanol–water partition coefficient (Wildman–Crippen LogP) is 3.93. The van der Waals surface area contributed by atoms with Crippen molar-refractivity contribution < 1.29 is 18.0 Å². The molecule has 1 heterocycles. The summed E-state index contributed by atoms with van der Waals surface area (Å²) in [6.45, 7) is 0.175. The first-order chi connectivity index (χ1) is 10.9. The quantitative estimate of drug-likeness (QED) is 0.842. The highest BCUT2D eigenvalue weighted by atomic mass is 19.4. The summed E-state index contributed by atoms with van der Waals surface area (Å²) in [7, 11) is 0. The van der Waals surface area contributed by atoms with Gasteiger partial charge in [0, 0.05) is 17.7 Å². The maximum atomic E-state index is 12.8. The average molecular weight is 316 g/mol. The van der Waals surface area contributed by atoms with Crippen LogP contribution in [0.5, 0.6) is 0 Å². The lowest BCUT2D eigenvalue weighted by molar-refractivity contribution is -0.137. The number of fused-ring (bicyclic) bond motifs is 1. The molecule has 0 saturated heterocycles. The van der Waals surface area contributed by atoms with E-state index in [2.05, 4.69) is 0 Å².